The van der Waals surface area contributed by atoms with Crippen LogP contribution in [0.2, 0.25) is 0 Å². The minimum atomic E-state index is -3.49. The van der Waals surface area contributed by atoms with Crippen molar-refractivity contribution in [1.82, 2.24) is 0 Å². The molecule has 5 nitrogen and oxygen atoms in total. The summed E-state index contributed by atoms with van der Waals surface area (Å²) in [7, 11) is -3.49. The van der Waals surface area contributed by atoms with Crippen molar-refractivity contribution in [2.75, 3.05) is 12.9 Å². The maximum absolute atomic E-state index is 12.1. The van der Waals surface area contributed by atoms with Crippen molar-refractivity contribution in [2.24, 2.45) is 0 Å². The predicted molar refractivity (Wildman–Crippen MR) is 87.9 cm³/mol. The third-order valence-corrected chi connectivity index (χ3v) is 4.65. The molecular weight excluding hydrogens is 316 g/mol. The molecule has 0 aromatic heterocycles. The maximum Gasteiger partial charge on any atom is 0.335 e. The van der Waals surface area contributed by atoms with E-state index >= 15 is 0 Å². The number of carbonyl (C=O) groups is 1. The van der Waals surface area contributed by atoms with Gasteiger partial charge in [-0.2, -0.15) is 0 Å². The van der Waals surface area contributed by atoms with Crippen LogP contribution in [0.1, 0.15) is 22.8 Å². The van der Waals surface area contributed by atoms with Crippen molar-refractivity contribution < 1.29 is 23.1 Å². The first-order valence-corrected chi connectivity index (χ1v) is 8.95. The number of hydrogen-bond donors (Lipinski definition) is 1. The summed E-state index contributed by atoms with van der Waals surface area (Å²) in [6.07, 6.45) is 1.11. The lowest BCUT2D eigenvalue weighted by molar-refractivity contribution is 0.0696. The second kappa shape index (κ2) is 6.42. The number of aromatic carboxylic acids is 1. The SMILES string of the molecule is CCOc1ccc(-c2c(S(C)(=O)=O)ccc(C(=O)O)c2C)cc1. The number of benzene rings is 2. The summed E-state index contributed by atoms with van der Waals surface area (Å²) in [5, 5.41) is 9.28. The normalized spacial score (nSPS) is 11.3. The standard InChI is InChI=1S/C17H18O5S/c1-4-22-13-7-5-12(6-8-13)16-11(2)14(17(18)19)9-10-15(16)23(3,20)21/h5-10H,4H2,1-3H3,(H,18,19). The molecule has 2 aromatic carbocycles. The molecule has 122 valence electrons. The van der Waals surface area contributed by atoms with Crippen LogP contribution in [0.4, 0.5) is 0 Å². The van der Waals surface area contributed by atoms with Crippen molar-refractivity contribution in [2.45, 2.75) is 18.7 Å². The molecule has 23 heavy (non-hydrogen) atoms. The minimum Gasteiger partial charge on any atom is -0.494 e. The molecular formula is C17H18O5S. The monoisotopic (exact) mass is 334 g/mol. The van der Waals surface area contributed by atoms with E-state index in [1.165, 1.54) is 12.1 Å². The van der Waals surface area contributed by atoms with Crippen LogP contribution >= 0.6 is 0 Å². The van der Waals surface area contributed by atoms with E-state index in [1.54, 1.807) is 31.2 Å². The van der Waals surface area contributed by atoms with Crippen LogP contribution < -0.4 is 4.74 Å². The Hall–Kier alpha value is -2.34. The minimum absolute atomic E-state index is 0.0845. The van der Waals surface area contributed by atoms with E-state index in [1.807, 2.05) is 6.92 Å². The molecule has 0 saturated heterocycles. The molecule has 2 aromatic rings. The average molecular weight is 334 g/mol. The summed E-state index contributed by atoms with van der Waals surface area (Å²) in [5.74, 6) is -0.418. The second-order valence-electron chi connectivity index (χ2n) is 5.15. The summed E-state index contributed by atoms with van der Waals surface area (Å²) in [4.78, 5) is 11.5. The molecule has 0 amide bonds. The third-order valence-electron chi connectivity index (χ3n) is 3.51. The van der Waals surface area contributed by atoms with Crippen molar-refractivity contribution in [3.05, 3.63) is 47.5 Å². The second-order valence-corrected chi connectivity index (χ2v) is 7.13. The highest BCUT2D eigenvalue weighted by atomic mass is 32.2. The largest absolute Gasteiger partial charge is 0.494 e. The van der Waals surface area contributed by atoms with Gasteiger partial charge in [0.15, 0.2) is 9.84 Å². The van der Waals surface area contributed by atoms with Gasteiger partial charge >= 0.3 is 5.97 Å². The van der Waals surface area contributed by atoms with E-state index in [-0.39, 0.29) is 10.5 Å². The zero-order valence-electron chi connectivity index (χ0n) is 13.2. The van der Waals surface area contributed by atoms with E-state index in [0.29, 0.717) is 29.0 Å². The molecule has 0 aliphatic rings. The molecule has 2 rings (SSSR count). The molecule has 0 heterocycles. The average Bonchev–Trinajstić information content (AvgIpc) is 2.47. The number of ether oxygens (including phenoxy) is 1. The van der Waals surface area contributed by atoms with E-state index in [0.717, 1.165) is 6.26 Å². The van der Waals surface area contributed by atoms with Crippen LogP contribution in [0.15, 0.2) is 41.3 Å². The molecule has 0 atom stereocenters. The van der Waals surface area contributed by atoms with E-state index in [4.69, 9.17) is 4.74 Å². The quantitative estimate of drug-likeness (QED) is 0.908. The van der Waals surface area contributed by atoms with Gasteiger partial charge in [-0.05, 0) is 49.2 Å². The molecule has 6 heteroatoms. The Balaban J connectivity index is 2.71. The van der Waals surface area contributed by atoms with Gasteiger partial charge in [-0.3, -0.25) is 0 Å². The Bertz CT molecular complexity index is 836. The number of sulfone groups is 1. The van der Waals surface area contributed by atoms with Gasteiger partial charge in [-0.25, -0.2) is 13.2 Å². The third kappa shape index (κ3) is 3.53. The molecule has 0 bridgehead atoms. The summed E-state index contributed by atoms with van der Waals surface area (Å²) in [6.45, 7) is 4.02. The highest BCUT2D eigenvalue weighted by Crippen LogP contribution is 2.33. The van der Waals surface area contributed by atoms with E-state index in [9.17, 15) is 18.3 Å². The Labute approximate surface area is 135 Å². The summed E-state index contributed by atoms with van der Waals surface area (Å²) < 4.78 is 29.5. The molecule has 0 unspecified atom stereocenters. The van der Waals surface area contributed by atoms with Crippen LogP contribution in [0, 0.1) is 6.92 Å². The smallest absolute Gasteiger partial charge is 0.335 e. The fraction of sp³-hybridized carbons (Fsp3) is 0.235. The number of carboxylic acid groups (broad SMARTS) is 1. The molecule has 0 saturated carbocycles. The van der Waals surface area contributed by atoms with Crippen molar-refractivity contribution in [3.63, 3.8) is 0 Å². The van der Waals surface area contributed by atoms with Gasteiger partial charge < -0.3 is 9.84 Å². The zero-order chi connectivity index (χ0) is 17.2. The van der Waals surface area contributed by atoms with Crippen LogP contribution in [0.3, 0.4) is 0 Å². The predicted octanol–water partition coefficient (Wildman–Crippen LogP) is 3.16. The maximum atomic E-state index is 12.1. The van der Waals surface area contributed by atoms with E-state index in [2.05, 4.69) is 0 Å². The van der Waals surface area contributed by atoms with Gasteiger partial charge in [0.05, 0.1) is 17.1 Å². The van der Waals surface area contributed by atoms with Crippen LogP contribution in [-0.4, -0.2) is 32.4 Å². The zero-order valence-corrected chi connectivity index (χ0v) is 14.0. The fourth-order valence-electron chi connectivity index (χ4n) is 2.47. The Morgan fingerprint density at radius 2 is 1.74 bits per heavy atom. The fourth-order valence-corrected chi connectivity index (χ4v) is 3.43. The summed E-state index contributed by atoms with van der Waals surface area (Å²) in [6, 6.07) is 9.60. The van der Waals surface area contributed by atoms with Gasteiger partial charge in [0.1, 0.15) is 5.75 Å². The molecule has 0 radical (unpaired) electrons. The molecule has 0 aliphatic heterocycles. The Morgan fingerprint density at radius 3 is 2.22 bits per heavy atom. The Kier molecular flexibility index (Phi) is 4.75. The molecule has 0 fully saturated rings. The summed E-state index contributed by atoms with van der Waals surface area (Å²) in [5.41, 5.74) is 1.55. The number of carboxylic acids is 1. The van der Waals surface area contributed by atoms with Gasteiger partial charge in [0, 0.05) is 11.8 Å². The summed E-state index contributed by atoms with van der Waals surface area (Å²) >= 11 is 0. The number of rotatable bonds is 5. The lowest BCUT2D eigenvalue weighted by Gasteiger charge is -2.14. The topological polar surface area (TPSA) is 80.7 Å². The lowest BCUT2D eigenvalue weighted by Crippen LogP contribution is -2.07. The van der Waals surface area contributed by atoms with Crippen LogP contribution in [-0.2, 0) is 9.84 Å². The van der Waals surface area contributed by atoms with Gasteiger partial charge in [0.2, 0.25) is 0 Å². The molecule has 0 aliphatic carbocycles. The Morgan fingerprint density at radius 1 is 1.13 bits per heavy atom. The first kappa shape index (κ1) is 17.0. The lowest BCUT2D eigenvalue weighted by atomic mass is 9.96. The van der Waals surface area contributed by atoms with Crippen molar-refractivity contribution in [1.29, 1.82) is 0 Å². The van der Waals surface area contributed by atoms with Crippen LogP contribution in [0.25, 0.3) is 11.1 Å². The number of hydrogen-bond acceptors (Lipinski definition) is 4. The van der Waals surface area contributed by atoms with Crippen molar-refractivity contribution >= 4 is 15.8 Å². The first-order valence-electron chi connectivity index (χ1n) is 7.06. The molecule has 1 N–H and O–H groups in total. The van der Waals surface area contributed by atoms with Gasteiger partial charge in [-0.1, -0.05) is 12.1 Å². The molecule has 0 spiro atoms. The van der Waals surface area contributed by atoms with E-state index < -0.39 is 15.8 Å². The highest BCUT2D eigenvalue weighted by Gasteiger charge is 2.21. The highest BCUT2D eigenvalue weighted by molar-refractivity contribution is 7.90. The van der Waals surface area contributed by atoms with Gasteiger partial charge in [-0.15, -0.1) is 0 Å². The van der Waals surface area contributed by atoms with Crippen LogP contribution in [0.5, 0.6) is 5.75 Å². The van der Waals surface area contributed by atoms with Crippen molar-refractivity contribution in [3.8, 4) is 16.9 Å². The van der Waals surface area contributed by atoms with Gasteiger partial charge in [0.25, 0.3) is 0 Å². The first-order chi connectivity index (χ1) is 10.8.